The third-order valence-electron chi connectivity index (χ3n) is 9.86. The van der Waals surface area contributed by atoms with Gasteiger partial charge in [-0.25, -0.2) is 14.5 Å². The highest BCUT2D eigenvalue weighted by atomic mass is 16.6. The molecule has 66 heavy (non-hydrogen) atoms. The second kappa shape index (κ2) is 21.7. The van der Waals surface area contributed by atoms with Crippen LogP contribution in [0, 0.1) is 0 Å². The summed E-state index contributed by atoms with van der Waals surface area (Å²) in [5.74, 6) is -4.12. The lowest BCUT2D eigenvalue weighted by molar-refractivity contribution is -0.143. The first kappa shape index (κ1) is 49.8. The Hall–Kier alpha value is -7.20. The molecule has 3 aliphatic rings. The van der Waals surface area contributed by atoms with Crippen LogP contribution in [0.15, 0.2) is 84.9 Å². The number of hydrogen-bond acceptors (Lipinski definition) is 13. The highest BCUT2D eigenvalue weighted by Gasteiger charge is 2.42. The second-order valence-electron chi connectivity index (χ2n) is 17.4. The Kier molecular flexibility index (Phi) is 16.3. The van der Waals surface area contributed by atoms with Crippen LogP contribution in [0.25, 0.3) is 0 Å². The zero-order valence-electron chi connectivity index (χ0n) is 38.5. The number of esters is 2. The molecule has 348 valence electrons. The van der Waals surface area contributed by atoms with E-state index in [1.807, 2.05) is 24.3 Å². The summed E-state index contributed by atoms with van der Waals surface area (Å²) in [7, 11) is 0. The Bertz CT molecular complexity index is 2470. The normalized spacial score (nSPS) is 13.5. The van der Waals surface area contributed by atoms with E-state index in [1.165, 1.54) is 40.3 Å². The predicted molar refractivity (Wildman–Crippen MR) is 243 cm³/mol. The van der Waals surface area contributed by atoms with Gasteiger partial charge in [0.2, 0.25) is 0 Å². The van der Waals surface area contributed by atoms with Crippen LogP contribution in [0.2, 0.25) is 0 Å². The maximum Gasteiger partial charge on any atom is 0.422 e. The van der Waals surface area contributed by atoms with Gasteiger partial charge in [0.15, 0.2) is 0 Å². The summed E-state index contributed by atoms with van der Waals surface area (Å²) in [5.41, 5.74) is 4.72. The molecule has 16 heteroatoms. The first-order chi connectivity index (χ1) is 31.2. The standard InChI is InChI=1S/C25H28N2O6.C17H19NO6.C8H9N/c1-5-32-21(28)13-16-10-11-20(26-24(31)33-25(2,3)4)19(12-16)22(29)23(30)27-14-17-8-6-7-9-18(17)15-27;1-5-23-13(19)9-10-6-7-12-11(8-10)14(20)15(21)18(12)16(22)24-17(2,3)4;1-2-4-8-6-9-5-7(8)3-1/h6-12H,5,13-15H2,1-4H3,(H,26,31);6-8H,5,9H2,1-4H3;1-4,9H,5-6H2. The van der Waals surface area contributed by atoms with Gasteiger partial charge in [-0.05, 0) is 113 Å². The Morgan fingerprint density at radius 1 is 0.652 bits per heavy atom. The van der Waals surface area contributed by atoms with Gasteiger partial charge in [0, 0.05) is 26.2 Å². The molecular formula is C50H56N4O12. The summed E-state index contributed by atoms with van der Waals surface area (Å²) in [5, 5.41) is 5.84. The highest BCUT2D eigenvalue weighted by molar-refractivity contribution is 6.56. The van der Waals surface area contributed by atoms with Crippen molar-refractivity contribution in [3.05, 3.63) is 129 Å². The molecule has 4 amide bonds. The molecule has 3 aliphatic heterocycles. The number of hydrogen-bond donors (Lipinski definition) is 2. The summed E-state index contributed by atoms with van der Waals surface area (Å²) in [6.45, 7) is 16.8. The maximum atomic E-state index is 13.2. The van der Waals surface area contributed by atoms with Crippen LogP contribution < -0.4 is 15.5 Å². The lowest BCUT2D eigenvalue weighted by Gasteiger charge is -2.23. The van der Waals surface area contributed by atoms with Gasteiger partial charge in [0.05, 0.1) is 48.6 Å². The second-order valence-corrected chi connectivity index (χ2v) is 17.4. The number of nitrogens with one attached hydrogen (secondary N) is 2. The third-order valence-corrected chi connectivity index (χ3v) is 9.86. The number of ether oxygens (including phenoxy) is 4. The number of nitrogens with zero attached hydrogens (tertiary/aromatic N) is 2. The topological polar surface area (TPSA) is 204 Å². The van der Waals surface area contributed by atoms with E-state index >= 15 is 0 Å². The van der Waals surface area contributed by atoms with Crippen molar-refractivity contribution in [2.75, 3.05) is 23.4 Å². The van der Waals surface area contributed by atoms with Gasteiger partial charge in [-0.2, -0.15) is 0 Å². The van der Waals surface area contributed by atoms with Crippen LogP contribution >= 0.6 is 0 Å². The molecule has 0 unspecified atom stereocenters. The number of amides is 4. The number of fused-ring (bicyclic) bond motifs is 3. The number of Topliss-reactive ketones (excluding diaryl/α,β-unsaturated/α-hetero) is 2. The van der Waals surface area contributed by atoms with Crippen LogP contribution in [0.1, 0.15) is 109 Å². The lowest BCUT2D eigenvalue weighted by Crippen LogP contribution is -2.40. The molecule has 16 nitrogen and oxygen atoms in total. The van der Waals surface area contributed by atoms with E-state index in [4.69, 9.17) is 18.9 Å². The molecule has 4 aromatic rings. The van der Waals surface area contributed by atoms with E-state index < -0.39 is 58.7 Å². The van der Waals surface area contributed by atoms with Crippen LogP contribution in [-0.2, 0) is 77.1 Å². The predicted octanol–water partition coefficient (Wildman–Crippen LogP) is 7.41. The van der Waals surface area contributed by atoms with E-state index in [1.54, 1.807) is 67.5 Å². The van der Waals surface area contributed by atoms with E-state index in [-0.39, 0.29) is 48.6 Å². The number of carbonyl (C=O) groups is 8. The molecule has 3 heterocycles. The molecule has 0 atom stereocenters. The fourth-order valence-electron chi connectivity index (χ4n) is 7.02. The van der Waals surface area contributed by atoms with Crippen molar-refractivity contribution < 1.29 is 57.3 Å². The molecule has 7 rings (SSSR count). The van der Waals surface area contributed by atoms with Gasteiger partial charge in [-0.1, -0.05) is 60.7 Å². The molecule has 0 saturated heterocycles. The summed E-state index contributed by atoms with van der Waals surface area (Å²) < 4.78 is 20.3. The number of imide groups is 1. The van der Waals surface area contributed by atoms with E-state index in [0.29, 0.717) is 24.2 Å². The van der Waals surface area contributed by atoms with E-state index in [9.17, 15) is 38.4 Å². The van der Waals surface area contributed by atoms with Gasteiger partial charge < -0.3 is 29.2 Å². The van der Waals surface area contributed by atoms with Gasteiger partial charge in [-0.15, -0.1) is 0 Å². The Morgan fingerprint density at radius 2 is 1.15 bits per heavy atom. The molecule has 0 aromatic heterocycles. The van der Waals surface area contributed by atoms with Crippen LogP contribution in [-0.4, -0.2) is 76.8 Å². The lowest BCUT2D eigenvalue weighted by atomic mass is 10.0. The van der Waals surface area contributed by atoms with Gasteiger partial charge in [0.25, 0.3) is 17.5 Å². The van der Waals surface area contributed by atoms with Gasteiger partial charge >= 0.3 is 30.0 Å². The van der Waals surface area contributed by atoms with Crippen LogP contribution in [0.5, 0.6) is 0 Å². The van der Waals surface area contributed by atoms with Gasteiger partial charge in [0.1, 0.15) is 11.2 Å². The summed E-state index contributed by atoms with van der Waals surface area (Å²) in [6, 6.07) is 25.1. The minimum atomic E-state index is -0.965. The average Bonchev–Trinajstić information content (AvgIpc) is 3.96. The minimum absolute atomic E-state index is 0.0105. The van der Waals surface area contributed by atoms with E-state index in [0.717, 1.165) is 29.1 Å². The Balaban J connectivity index is 0.000000214. The monoisotopic (exact) mass is 904 g/mol. The van der Waals surface area contributed by atoms with Crippen molar-refractivity contribution >= 4 is 58.9 Å². The quantitative estimate of drug-likeness (QED) is 0.0728. The Morgan fingerprint density at radius 3 is 1.67 bits per heavy atom. The molecule has 2 N–H and O–H groups in total. The average molecular weight is 905 g/mol. The largest absolute Gasteiger partial charge is 0.466 e. The van der Waals surface area contributed by atoms with Gasteiger partial charge in [-0.3, -0.25) is 34.1 Å². The highest BCUT2D eigenvalue weighted by Crippen LogP contribution is 2.32. The third kappa shape index (κ3) is 13.4. The number of benzene rings is 4. The zero-order chi connectivity index (χ0) is 48.3. The fraction of sp³-hybridized carbons (Fsp3) is 0.360. The number of ketones is 2. The first-order valence-corrected chi connectivity index (χ1v) is 21.5. The molecular weight excluding hydrogens is 849 g/mol. The maximum absolute atomic E-state index is 13.2. The molecule has 0 aliphatic carbocycles. The van der Waals surface area contributed by atoms with Crippen molar-refractivity contribution in [2.45, 2.75) is 106 Å². The Labute approximate surface area is 383 Å². The smallest absolute Gasteiger partial charge is 0.422 e. The van der Waals surface area contributed by atoms with Crippen molar-refractivity contribution in [1.82, 2.24) is 10.2 Å². The molecule has 0 radical (unpaired) electrons. The number of anilines is 2. The summed E-state index contributed by atoms with van der Waals surface area (Å²) in [4.78, 5) is 101. The molecule has 0 bridgehead atoms. The summed E-state index contributed by atoms with van der Waals surface area (Å²) in [6.07, 6.45) is -1.74. The van der Waals surface area contributed by atoms with Crippen molar-refractivity contribution in [3.63, 3.8) is 0 Å². The van der Waals surface area contributed by atoms with Crippen LogP contribution in [0.4, 0.5) is 21.0 Å². The fourth-order valence-corrected chi connectivity index (χ4v) is 7.02. The number of rotatable bonds is 9. The molecule has 4 aromatic carbocycles. The molecule has 0 saturated carbocycles. The van der Waals surface area contributed by atoms with Crippen molar-refractivity contribution in [3.8, 4) is 0 Å². The SMILES string of the molecule is CCOC(=O)Cc1ccc(NC(=O)OC(C)(C)C)c(C(=O)C(=O)N2Cc3ccccc3C2)c1.CCOC(=O)Cc1ccc2c(c1)C(=O)C(=O)N2C(=O)OC(C)(C)C.c1ccc2c(c1)CNC2. The van der Waals surface area contributed by atoms with Crippen LogP contribution in [0.3, 0.4) is 0 Å². The van der Waals surface area contributed by atoms with Crippen molar-refractivity contribution in [1.29, 1.82) is 0 Å². The molecule has 0 spiro atoms. The number of carbonyl (C=O) groups excluding carboxylic acids is 8. The zero-order valence-corrected chi connectivity index (χ0v) is 38.5. The summed E-state index contributed by atoms with van der Waals surface area (Å²) >= 11 is 0. The molecule has 0 fully saturated rings. The first-order valence-electron chi connectivity index (χ1n) is 21.5. The minimum Gasteiger partial charge on any atom is -0.466 e. The van der Waals surface area contributed by atoms with Crippen molar-refractivity contribution in [2.24, 2.45) is 0 Å². The van der Waals surface area contributed by atoms with E-state index in [2.05, 4.69) is 34.9 Å².